The summed E-state index contributed by atoms with van der Waals surface area (Å²) in [6, 6.07) is 14.7. The molecule has 0 aromatic heterocycles. The summed E-state index contributed by atoms with van der Waals surface area (Å²) in [5, 5.41) is 28.2. The maximum Gasteiger partial charge on any atom is 0.475 e. The fourth-order valence-corrected chi connectivity index (χ4v) is 5.87. The molecule has 5 atom stereocenters. The number of unbranched alkanes of at least 4 members (excludes halogenated alkanes) is 1. The monoisotopic (exact) mass is 650 g/mol. The Bertz CT molecular complexity index is 1280. The van der Waals surface area contributed by atoms with Crippen molar-refractivity contribution >= 4 is 30.7 Å². The van der Waals surface area contributed by atoms with Crippen LogP contribution in [0.5, 0.6) is 0 Å². The predicted octanol–water partition coefficient (Wildman–Crippen LogP) is 0.432. The lowest BCUT2D eigenvalue weighted by Crippen LogP contribution is -2.59. The van der Waals surface area contributed by atoms with Crippen LogP contribution < -0.4 is 27.4 Å². The van der Waals surface area contributed by atoms with E-state index in [1.54, 1.807) is 0 Å². The van der Waals surface area contributed by atoms with E-state index in [4.69, 9.17) is 11.5 Å². The lowest BCUT2D eigenvalue weighted by atomic mass is 9.77. The van der Waals surface area contributed by atoms with Crippen molar-refractivity contribution in [1.29, 1.82) is 0 Å². The lowest BCUT2D eigenvalue weighted by Gasteiger charge is -2.31. The smallest absolute Gasteiger partial charge is 0.426 e. The second kappa shape index (κ2) is 19.1. The number of hydrogen-bond acceptors (Lipinski definition) is 8. The van der Waals surface area contributed by atoms with Gasteiger partial charge in [-0.25, -0.2) is 0 Å². The second-order valence-electron chi connectivity index (χ2n) is 12.7. The SMILES string of the molecule is CC(C)CC(NC(=O)[C@@H](Cc1ccccc1)NC(=O)[C@H](N)Cc1ccccc1)C(=O)N[C@H](CCCCN)C(=O)N1CCCC1B(O)O. The summed E-state index contributed by atoms with van der Waals surface area (Å²) in [4.78, 5) is 55.8. The molecule has 12 nitrogen and oxygen atoms in total. The summed E-state index contributed by atoms with van der Waals surface area (Å²) in [6.07, 6.45) is 3.33. The van der Waals surface area contributed by atoms with Crippen molar-refractivity contribution in [3.05, 3.63) is 71.8 Å². The standard InChI is InChI=1S/C34H51BN6O6/c1-23(2)20-28(32(43)38-27(16-9-10-18-36)34(45)41-19-11-17-30(41)35(46)47)40-33(44)29(22-25-14-7-4-8-15-25)39-31(42)26(37)21-24-12-5-3-6-13-24/h3-8,12-15,23,26-30,46-47H,9-11,16-22,36-37H2,1-2H3,(H,38,43)(H,39,42)(H,40,44)/t26-,27-,28?,29-,30?/m1/s1. The van der Waals surface area contributed by atoms with Crippen molar-refractivity contribution in [2.45, 2.75) is 95.3 Å². The first-order chi connectivity index (χ1) is 22.5. The van der Waals surface area contributed by atoms with Crippen molar-refractivity contribution in [3.8, 4) is 0 Å². The average Bonchev–Trinajstić information content (AvgIpc) is 3.55. The van der Waals surface area contributed by atoms with Gasteiger partial charge >= 0.3 is 7.12 Å². The summed E-state index contributed by atoms with van der Waals surface area (Å²) in [6.45, 7) is 4.61. The highest BCUT2D eigenvalue weighted by Crippen LogP contribution is 2.21. The number of nitrogens with zero attached hydrogens (tertiary/aromatic N) is 1. The van der Waals surface area contributed by atoms with Gasteiger partial charge in [0.25, 0.3) is 0 Å². The average molecular weight is 651 g/mol. The molecule has 1 fully saturated rings. The van der Waals surface area contributed by atoms with E-state index in [9.17, 15) is 29.2 Å². The van der Waals surface area contributed by atoms with Crippen molar-refractivity contribution < 1.29 is 29.2 Å². The summed E-state index contributed by atoms with van der Waals surface area (Å²) >= 11 is 0. The molecule has 256 valence electrons. The molecular weight excluding hydrogens is 599 g/mol. The normalized spacial score (nSPS) is 17.0. The van der Waals surface area contributed by atoms with Crippen LogP contribution in [0.25, 0.3) is 0 Å². The zero-order valence-corrected chi connectivity index (χ0v) is 27.5. The van der Waals surface area contributed by atoms with E-state index in [1.807, 2.05) is 74.5 Å². The first-order valence-corrected chi connectivity index (χ1v) is 16.6. The largest absolute Gasteiger partial charge is 0.475 e. The van der Waals surface area contributed by atoms with Gasteiger partial charge < -0.3 is 42.4 Å². The van der Waals surface area contributed by atoms with Crippen molar-refractivity contribution in [2.24, 2.45) is 17.4 Å². The van der Waals surface area contributed by atoms with Crippen LogP contribution in [0.15, 0.2) is 60.7 Å². The molecule has 1 aliphatic rings. The van der Waals surface area contributed by atoms with Gasteiger partial charge in [0.15, 0.2) is 0 Å². The number of likely N-dealkylation sites (tertiary alicyclic amines) is 1. The minimum atomic E-state index is -1.69. The molecule has 3 rings (SSSR count). The van der Waals surface area contributed by atoms with E-state index in [2.05, 4.69) is 16.0 Å². The maximum absolute atomic E-state index is 13.8. The summed E-state index contributed by atoms with van der Waals surface area (Å²) < 4.78 is 0. The minimum Gasteiger partial charge on any atom is -0.426 e. The topological polar surface area (TPSA) is 200 Å². The second-order valence-corrected chi connectivity index (χ2v) is 12.7. The third-order valence-corrected chi connectivity index (χ3v) is 8.38. The van der Waals surface area contributed by atoms with Gasteiger partial charge in [-0.15, -0.1) is 0 Å². The van der Waals surface area contributed by atoms with Gasteiger partial charge in [-0.05, 0) is 68.5 Å². The third-order valence-electron chi connectivity index (χ3n) is 8.38. The number of carbonyl (C=O) groups is 4. The van der Waals surface area contributed by atoms with Crippen LogP contribution in [-0.2, 0) is 32.0 Å². The number of nitrogens with one attached hydrogen (secondary N) is 3. The van der Waals surface area contributed by atoms with E-state index in [-0.39, 0.29) is 25.2 Å². The number of hydrogen-bond donors (Lipinski definition) is 7. The molecule has 1 saturated heterocycles. The quantitative estimate of drug-likeness (QED) is 0.0890. The van der Waals surface area contributed by atoms with Gasteiger partial charge in [0.2, 0.25) is 23.6 Å². The summed E-state index contributed by atoms with van der Waals surface area (Å²) in [5.74, 6) is -2.73. The van der Waals surface area contributed by atoms with Crippen LogP contribution in [0.3, 0.4) is 0 Å². The number of amides is 4. The molecule has 1 heterocycles. The summed E-state index contributed by atoms with van der Waals surface area (Å²) in [7, 11) is -1.69. The van der Waals surface area contributed by atoms with Gasteiger partial charge in [-0.3, -0.25) is 19.2 Å². The van der Waals surface area contributed by atoms with Gasteiger partial charge in [0, 0.05) is 13.0 Å². The van der Waals surface area contributed by atoms with Crippen LogP contribution >= 0.6 is 0 Å². The Morgan fingerprint density at radius 1 is 0.830 bits per heavy atom. The molecule has 47 heavy (non-hydrogen) atoms. The van der Waals surface area contributed by atoms with Gasteiger partial charge in [-0.2, -0.15) is 0 Å². The highest BCUT2D eigenvalue weighted by Gasteiger charge is 2.40. The number of carbonyl (C=O) groups excluding carboxylic acids is 4. The Morgan fingerprint density at radius 3 is 1.96 bits per heavy atom. The minimum absolute atomic E-state index is 0.00593. The fourth-order valence-electron chi connectivity index (χ4n) is 5.87. The fraction of sp³-hybridized carbons (Fsp3) is 0.529. The van der Waals surface area contributed by atoms with Crippen molar-refractivity contribution in [2.75, 3.05) is 13.1 Å². The summed E-state index contributed by atoms with van der Waals surface area (Å²) in [5.41, 5.74) is 13.6. The number of nitrogens with two attached hydrogens (primary N) is 2. The van der Waals surface area contributed by atoms with E-state index in [1.165, 1.54) is 4.90 Å². The first kappa shape index (κ1) is 37.7. The molecule has 2 unspecified atom stereocenters. The Morgan fingerprint density at radius 2 is 1.38 bits per heavy atom. The Kier molecular flexibility index (Phi) is 15.3. The van der Waals surface area contributed by atoms with Crippen LogP contribution in [0.2, 0.25) is 0 Å². The van der Waals surface area contributed by atoms with E-state index < -0.39 is 60.9 Å². The van der Waals surface area contributed by atoms with Gasteiger partial charge in [0.1, 0.15) is 18.1 Å². The van der Waals surface area contributed by atoms with Crippen molar-refractivity contribution in [1.82, 2.24) is 20.9 Å². The molecule has 2 aromatic carbocycles. The Balaban J connectivity index is 1.78. The highest BCUT2D eigenvalue weighted by atomic mass is 16.4. The predicted molar refractivity (Wildman–Crippen MR) is 181 cm³/mol. The Labute approximate surface area is 278 Å². The van der Waals surface area contributed by atoms with Crippen LogP contribution in [0.4, 0.5) is 0 Å². The van der Waals surface area contributed by atoms with Gasteiger partial charge in [0.05, 0.1) is 12.0 Å². The van der Waals surface area contributed by atoms with Crippen LogP contribution in [0, 0.1) is 5.92 Å². The van der Waals surface area contributed by atoms with E-state index in [0.29, 0.717) is 45.2 Å². The number of rotatable bonds is 18. The zero-order valence-electron chi connectivity index (χ0n) is 27.5. The zero-order chi connectivity index (χ0) is 34.3. The first-order valence-electron chi connectivity index (χ1n) is 16.6. The molecule has 4 amide bonds. The number of benzene rings is 2. The molecule has 0 aliphatic carbocycles. The molecule has 2 aromatic rings. The van der Waals surface area contributed by atoms with Crippen LogP contribution in [-0.4, -0.2) is 88.9 Å². The molecule has 1 aliphatic heterocycles. The highest BCUT2D eigenvalue weighted by molar-refractivity contribution is 6.43. The molecule has 0 saturated carbocycles. The third kappa shape index (κ3) is 12.1. The molecule has 13 heteroatoms. The van der Waals surface area contributed by atoms with Crippen LogP contribution in [0.1, 0.15) is 63.5 Å². The molecule has 0 radical (unpaired) electrons. The Hall–Kier alpha value is -3.78. The van der Waals surface area contributed by atoms with E-state index in [0.717, 1.165) is 11.1 Å². The molecule has 0 bridgehead atoms. The molecule has 9 N–H and O–H groups in total. The molecular formula is C34H51BN6O6. The van der Waals surface area contributed by atoms with Gasteiger partial charge in [-0.1, -0.05) is 74.5 Å². The molecule has 0 spiro atoms. The maximum atomic E-state index is 13.8. The van der Waals surface area contributed by atoms with Crippen molar-refractivity contribution in [3.63, 3.8) is 0 Å². The van der Waals surface area contributed by atoms with E-state index >= 15 is 0 Å². The lowest BCUT2D eigenvalue weighted by molar-refractivity contribution is -0.138.